The van der Waals surface area contributed by atoms with E-state index in [9.17, 15) is 13.6 Å². The summed E-state index contributed by atoms with van der Waals surface area (Å²) in [6.45, 7) is 0.305. The zero-order valence-corrected chi connectivity index (χ0v) is 14.7. The zero-order chi connectivity index (χ0) is 19.0. The standard InChI is InChI=1S/C21H18F2N2O2/c1-27-15-7-4-13(5-8-15)12-25-20(16-9-6-14(22)11-18(16)23)19-17(21(25)26)3-2-10-24-19/h2-8,10-11,16,20H,9,12H2,1H3. The summed E-state index contributed by atoms with van der Waals surface area (Å²) in [6, 6.07) is 10.2. The van der Waals surface area contributed by atoms with E-state index in [1.807, 2.05) is 24.3 Å². The lowest BCUT2D eigenvalue weighted by Gasteiger charge is -2.31. The number of allylic oxidation sites excluding steroid dienone is 3. The zero-order valence-electron chi connectivity index (χ0n) is 14.7. The molecule has 0 spiro atoms. The van der Waals surface area contributed by atoms with Crippen LogP contribution in [-0.2, 0) is 6.54 Å². The highest BCUT2D eigenvalue weighted by Gasteiger charge is 2.44. The number of hydrogen-bond acceptors (Lipinski definition) is 3. The lowest BCUT2D eigenvalue weighted by Crippen LogP contribution is -2.33. The van der Waals surface area contributed by atoms with E-state index in [2.05, 4.69) is 4.98 Å². The molecule has 138 valence electrons. The molecule has 0 radical (unpaired) electrons. The highest BCUT2D eigenvalue weighted by atomic mass is 19.1. The van der Waals surface area contributed by atoms with E-state index in [0.717, 1.165) is 17.4 Å². The number of rotatable bonds is 4. The van der Waals surface area contributed by atoms with Gasteiger partial charge in [-0.15, -0.1) is 0 Å². The maximum atomic E-state index is 14.6. The second-order valence-electron chi connectivity index (χ2n) is 6.62. The Hall–Kier alpha value is -3.02. The Labute approximate surface area is 155 Å². The molecule has 2 atom stereocenters. The normalized spacial score (nSPS) is 21.6. The van der Waals surface area contributed by atoms with Gasteiger partial charge in [0.05, 0.1) is 24.4 Å². The van der Waals surface area contributed by atoms with Crippen LogP contribution in [0.25, 0.3) is 0 Å². The summed E-state index contributed by atoms with van der Waals surface area (Å²) in [4.78, 5) is 18.9. The first kappa shape index (κ1) is 17.4. The van der Waals surface area contributed by atoms with Crippen molar-refractivity contribution in [2.45, 2.75) is 19.0 Å². The molecule has 0 bridgehead atoms. The number of methoxy groups -OCH3 is 1. The van der Waals surface area contributed by atoms with Gasteiger partial charge in [-0.25, -0.2) is 8.78 Å². The molecule has 2 aromatic rings. The molecule has 2 aliphatic rings. The number of aromatic nitrogens is 1. The lowest BCUT2D eigenvalue weighted by atomic mass is 9.88. The van der Waals surface area contributed by atoms with Crippen LogP contribution >= 0.6 is 0 Å². The third-order valence-corrected chi connectivity index (χ3v) is 5.04. The Bertz CT molecular complexity index is 937. The third-order valence-electron chi connectivity index (χ3n) is 5.04. The van der Waals surface area contributed by atoms with Gasteiger partial charge in [0.2, 0.25) is 0 Å². The van der Waals surface area contributed by atoms with Crippen molar-refractivity contribution in [3.63, 3.8) is 0 Å². The van der Waals surface area contributed by atoms with Crippen LogP contribution in [0, 0.1) is 5.92 Å². The van der Waals surface area contributed by atoms with Gasteiger partial charge in [-0.1, -0.05) is 12.1 Å². The second-order valence-corrected chi connectivity index (χ2v) is 6.62. The molecule has 2 heterocycles. The Kier molecular flexibility index (Phi) is 4.48. The van der Waals surface area contributed by atoms with Crippen LogP contribution in [0.5, 0.6) is 5.75 Å². The molecule has 1 aromatic carbocycles. The molecule has 1 amide bonds. The van der Waals surface area contributed by atoms with Crippen molar-refractivity contribution in [2.75, 3.05) is 7.11 Å². The number of hydrogen-bond donors (Lipinski definition) is 0. The van der Waals surface area contributed by atoms with Gasteiger partial charge >= 0.3 is 0 Å². The minimum absolute atomic E-state index is 0.182. The van der Waals surface area contributed by atoms with Gasteiger partial charge in [-0.3, -0.25) is 9.78 Å². The third kappa shape index (κ3) is 3.12. The Morgan fingerprint density at radius 2 is 2.00 bits per heavy atom. The Balaban J connectivity index is 1.70. The molecular weight excluding hydrogens is 350 g/mol. The van der Waals surface area contributed by atoms with Crippen LogP contribution < -0.4 is 4.74 Å². The van der Waals surface area contributed by atoms with Crippen molar-refractivity contribution in [2.24, 2.45) is 5.92 Å². The smallest absolute Gasteiger partial charge is 0.256 e. The van der Waals surface area contributed by atoms with Crippen molar-refractivity contribution in [3.8, 4) is 5.75 Å². The Morgan fingerprint density at radius 1 is 1.22 bits per heavy atom. The van der Waals surface area contributed by atoms with Gasteiger partial charge in [0.1, 0.15) is 17.4 Å². The van der Waals surface area contributed by atoms with E-state index >= 15 is 0 Å². The lowest BCUT2D eigenvalue weighted by molar-refractivity contribution is 0.0651. The monoisotopic (exact) mass is 368 g/mol. The first-order valence-electron chi connectivity index (χ1n) is 8.70. The number of halogens is 2. The molecule has 0 saturated carbocycles. The number of ether oxygens (including phenoxy) is 1. The average Bonchev–Trinajstić information content (AvgIpc) is 2.95. The predicted octanol–water partition coefficient (Wildman–Crippen LogP) is 4.51. The molecule has 0 fully saturated rings. The molecule has 1 aliphatic heterocycles. The van der Waals surface area contributed by atoms with Crippen molar-refractivity contribution in [1.82, 2.24) is 9.88 Å². The number of nitrogens with zero attached hydrogens (tertiary/aromatic N) is 2. The summed E-state index contributed by atoms with van der Waals surface area (Å²) < 4.78 is 33.2. The fourth-order valence-electron chi connectivity index (χ4n) is 3.70. The number of fused-ring (bicyclic) bond motifs is 1. The highest BCUT2D eigenvalue weighted by molar-refractivity contribution is 5.98. The van der Waals surface area contributed by atoms with Gasteiger partial charge in [-0.2, -0.15) is 0 Å². The van der Waals surface area contributed by atoms with E-state index in [1.165, 1.54) is 6.08 Å². The number of pyridine rings is 1. The fourth-order valence-corrected chi connectivity index (χ4v) is 3.70. The highest BCUT2D eigenvalue weighted by Crippen LogP contribution is 2.44. The fraction of sp³-hybridized carbons (Fsp3) is 0.238. The van der Waals surface area contributed by atoms with Gasteiger partial charge in [0.25, 0.3) is 5.91 Å². The largest absolute Gasteiger partial charge is 0.497 e. The molecule has 2 unspecified atom stereocenters. The van der Waals surface area contributed by atoms with E-state index in [0.29, 0.717) is 17.8 Å². The molecule has 6 heteroatoms. The van der Waals surface area contributed by atoms with Crippen molar-refractivity contribution >= 4 is 5.91 Å². The number of benzene rings is 1. The first-order valence-corrected chi connectivity index (χ1v) is 8.70. The van der Waals surface area contributed by atoms with Gasteiger partial charge in [0.15, 0.2) is 0 Å². The molecule has 1 aromatic heterocycles. The molecule has 0 N–H and O–H groups in total. The molecule has 4 nitrogen and oxygen atoms in total. The van der Waals surface area contributed by atoms with Crippen molar-refractivity contribution in [3.05, 3.63) is 83.2 Å². The maximum Gasteiger partial charge on any atom is 0.256 e. The molecule has 0 saturated heterocycles. The van der Waals surface area contributed by atoms with Crippen LogP contribution in [0.15, 0.2) is 66.4 Å². The summed E-state index contributed by atoms with van der Waals surface area (Å²) in [7, 11) is 1.59. The van der Waals surface area contributed by atoms with Crippen molar-refractivity contribution < 1.29 is 18.3 Å². The number of carbonyl (C=O) groups is 1. The predicted molar refractivity (Wildman–Crippen MR) is 96.3 cm³/mol. The summed E-state index contributed by atoms with van der Waals surface area (Å²) in [5.74, 6) is -1.28. The molecule has 4 rings (SSSR count). The van der Waals surface area contributed by atoms with Gasteiger partial charge in [-0.05, 0) is 42.3 Å². The van der Waals surface area contributed by atoms with E-state index in [1.54, 1.807) is 30.3 Å². The molecular formula is C21H18F2N2O2. The van der Waals surface area contributed by atoms with E-state index in [4.69, 9.17) is 4.74 Å². The second kappa shape index (κ2) is 6.95. The van der Waals surface area contributed by atoms with E-state index in [-0.39, 0.29) is 12.3 Å². The van der Waals surface area contributed by atoms with Gasteiger partial charge in [0, 0.05) is 24.7 Å². The summed E-state index contributed by atoms with van der Waals surface area (Å²) in [5, 5.41) is 0. The van der Waals surface area contributed by atoms with Crippen LogP contribution in [0.4, 0.5) is 8.78 Å². The Morgan fingerprint density at radius 3 is 2.70 bits per heavy atom. The summed E-state index contributed by atoms with van der Waals surface area (Å²) in [5.41, 5.74) is 1.91. The number of amides is 1. The van der Waals surface area contributed by atoms with E-state index < -0.39 is 23.6 Å². The van der Waals surface area contributed by atoms with Crippen LogP contribution in [0.3, 0.4) is 0 Å². The first-order chi connectivity index (χ1) is 13.1. The SMILES string of the molecule is COc1ccc(CN2C(=O)c3cccnc3C2C2CC=C(F)C=C2F)cc1. The van der Waals surface area contributed by atoms with Gasteiger partial charge < -0.3 is 9.64 Å². The van der Waals surface area contributed by atoms with Crippen LogP contribution in [0.1, 0.15) is 34.1 Å². The topological polar surface area (TPSA) is 42.4 Å². The summed E-state index contributed by atoms with van der Waals surface area (Å²) in [6.07, 6.45) is 4.02. The summed E-state index contributed by atoms with van der Waals surface area (Å²) >= 11 is 0. The number of carbonyl (C=O) groups excluding carboxylic acids is 1. The molecule has 1 aliphatic carbocycles. The average molecular weight is 368 g/mol. The minimum atomic E-state index is -0.650. The molecule has 27 heavy (non-hydrogen) atoms. The van der Waals surface area contributed by atoms with Crippen LogP contribution in [0.2, 0.25) is 0 Å². The maximum absolute atomic E-state index is 14.6. The minimum Gasteiger partial charge on any atom is -0.497 e. The van der Waals surface area contributed by atoms with Crippen LogP contribution in [-0.4, -0.2) is 22.9 Å². The van der Waals surface area contributed by atoms with Crippen molar-refractivity contribution in [1.29, 1.82) is 0 Å². The quantitative estimate of drug-likeness (QED) is 0.797.